The van der Waals surface area contributed by atoms with Crippen molar-refractivity contribution in [3.05, 3.63) is 34.9 Å². The molecule has 2 fully saturated rings. The molecule has 4 rings (SSSR count). The van der Waals surface area contributed by atoms with E-state index in [1.54, 1.807) is 11.1 Å². The molecule has 0 heterocycles. The second-order valence-electron chi connectivity index (χ2n) is 6.86. The van der Waals surface area contributed by atoms with E-state index in [1.807, 2.05) is 0 Å². The van der Waals surface area contributed by atoms with Crippen LogP contribution in [0.15, 0.2) is 18.2 Å². The molecular formula is C18H22O. The van der Waals surface area contributed by atoms with Gasteiger partial charge in [0.05, 0.1) is 0 Å². The van der Waals surface area contributed by atoms with Crippen LogP contribution in [0.2, 0.25) is 0 Å². The van der Waals surface area contributed by atoms with Crippen LogP contribution < -0.4 is 0 Å². The van der Waals surface area contributed by atoms with Crippen molar-refractivity contribution in [2.45, 2.75) is 51.4 Å². The number of Topliss-reactive ketones (excluding diaryl/α,β-unsaturated/α-hetero) is 1. The largest absolute Gasteiger partial charge is 0.299 e. The van der Waals surface area contributed by atoms with Gasteiger partial charge >= 0.3 is 0 Å². The Labute approximate surface area is 115 Å². The summed E-state index contributed by atoms with van der Waals surface area (Å²) in [7, 11) is 0. The van der Waals surface area contributed by atoms with Crippen LogP contribution in [0, 0.1) is 24.7 Å². The summed E-state index contributed by atoms with van der Waals surface area (Å²) in [6.07, 6.45) is 6.97. The average molecular weight is 254 g/mol. The molecule has 100 valence electrons. The molecule has 0 amide bonds. The van der Waals surface area contributed by atoms with Gasteiger partial charge in [0.1, 0.15) is 5.78 Å². The van der Waals surface area contributed by atoms with Gasteiger partial charge in [0.15, 0.2) is 0 Å². The minimum absolute atomic E-state index is 0.424. The van der Waals surface area contributed by atoms with Gasteiger partial charge in [0.2, 0.25) is 0 Å². The first-order valence-corrected chi connectivity index (χ1v) is 7.86. The minimum atomic E-state index is 0.424. The first kappa shape index (κ1) is 11.7. The highest BCUT2D eigenvalue weighted by molar-refractivity contribution is 5.83. The smallest absolute Gasteiger partial charge is 0.136 e. The van der Waals surface area contributed by atoms with Crippen LogP contribution in [0.4, 0.5) is 0 Å². The van der Waals surface area contributed by atoms with Crippen molar-refractivity contribution in [1.29, 1.82) is 0 Å². The molecular weight excluding hydrogens is 232 g/mol. The highest BCUT2D eigenvalue weighted by Crippen LogP contribution is 2.53. The third-order valence-corrected chi connectivity index (χ3v) is 5.95. The third-order valence-electron chi connectivity index (χ3n) is 5.95. The molecule has 0 N–H and O–H groups in total. The molecule has 0 radical (unpaired) electrons. The van der Waals surface area contributed by atoms with Crippen molar-refractivity contribution < 1.29 is 4.79 Å². The number of aryl methyl sites for hydroxylation is 2. The minimum Gasteiger partial charge on any atom is -0.299 e. The zero-order chi connectivity index (χ0) is 13.0. The summed E-state index contributed by atoms with van der Waals surface area (Å²) >= 11 is 0. The Balaban J connectivity index is 1.70. The van der Waals surface area contributed by atoms with Crippen LogP contribution in [-0.2, 0) is 11.2 Å². The first-order chi connectivity index (χ1) is 9.24. The summed E-state index contributed by atoms with van der Waals surface area (Å²) in [5.74, 6) is 3.24. The van der Waals surface area contributed by atoms with Crippen LogP contribution >= 0.6 is 0 Å². The molecule has 19 heavy (non-hydrogen) atoms. The van der Waals surface area contributed by atoms with Gasteiger partial charge in [-0.2, -0.15) is 0 Å². The topological polar surface area (TPSA) is 17.1 Å². The van der Waals surface area contributed by atoms with Crippen molar-refractivity contribution in [3.63, 3.8) is 0 Å². The van der Waals surface area contributed by atoms with Crippen LogP contribution in [0.3, 0.4) is 0 Å². The Morgan fingerprint density at radius 1 is 0.947 bits per heavy atom. The summed E-state index contributed by atoms with van der Waals surface area (Å²) in [6, 6.07) is 7.03. The molecule has 4 atom stereocenters. The maximum Gasteiger partial charge on any atom is 0.136 e. The molecule has 3 aliphatic carbocycles. The first-order valence-electron chi connectivity index (χ1n) is 7.86. The van der Waals surface area contributed by atoms with E-state index in [1.165, 1.54) is 31.2 Å². The summed E-state index contributed by atoms with van der Waals surface area (Å²) in [5.41, 5.74) is 4.59. The van der Waals surface area contributed by atoms with Crippen LogP contribution in [0.1, 0.15) is 54.7 Å². The van der Waals surface area contributed by atoms with Crippen molar-refractivity contribution in [1.82, 2.24) is 0 Å². The lowest BCUT2D eigenvalue weighted by Crippen LogP contribution is -2.35. The van der Waals surface area contributed by atoms with E-state index in [4.69, 9.17) is 0 Å². The summed E-state index contributed by atoms with van der Waals surface area (Å²) in [4.78, 5) is 12.0. The highest BCUT2D eigenvalue weighted by Gasteiger charge is 2.47. The lowest BCUT2D eigenvalue weighted by atomic mass is 9.61. The van der Waals surface area contributed by atoms with E-state index in [-0.39, 0.29) is 0 Å². The number of benzene rings is 1. The normalized spacial score (nSPS) is 36.6. The van der Waals surface area contributed by atoms with E-state index in [9.17, 15) is 4.79 Å². The molecule has 0 saturated heterocycles. The molecule has 0 aromatic heterocycles. The number of carbonyl (C=O) groups excluding carboxylic acids is 1. The monoisotopic (exact) mass is 254 g/mol. The van der Waals surface area contributed by atoms with Crippen molar-refractivity contribution >= 4 is 5.78 Å². The van der Waals surface area contributed by atoms with E-state index < -0.39 is 0 Å². The molecule has 0 spiro atoms. The summed E-state index contributed by atoms with van der Waals surface area (Å²) < 4.78 is 0. The number of rotatable bonds is 0. The Hall–Kier alpha value is -1.11. The SMILES string of the molecule is Cc1ccc2c(c1)CCC1C2CCC2C(=O)CCC21. The van der Waals surface area contributed by atoms with Crippen LogP contribution in [0.25, 0.3) is 0 Å². The molecule has 0 aliphatic heterocycles. The molecule has 1 aromatic rings. The lowest BCUT2D eigenvalue weighted by molar-refractivity contribution is -0.122. The molecule has 4 unspecified atom stereocenters. The zero-order valence-electron chi connectivity index (χ0n) is 11.7. The number of hydrogen-bond acceptors (Lipinski definition) is 1. The molecule has 1 heteroatoms. The Kier molecular flexibility index (Phi) is 2.58. The standard InChI is InChI=1S/C18H22O/c1-11-2-4-13-12(10-11)3-5-15-14(13)6-7-17-16(15)8-9-18(17)19/h2,4,10,14-17H,3,5-9H2,1H3. The third kappa shape index (κ3) is 1.70. The van der Waals surface area contributed by atoms with Gasteiger partial charge in [-0.1, -0.05) is 23.8 Å². The number of carbonyl (C=O) groups is 1. The molecule has 2 saturated carbocycles. The van der Waals surface area contributed by atoms with Gasteiger partial charge in [0, 0.05) is 12.3 Å². The van der Waals surface area contributed by atoms with Gasteiger partial charge < -0.3 is 0 Å². The van der Waals surface area contributed by atoms with Crippen molar-refractivity contribution in [2.24, 2.45) is 17.8 Å². The highest BCUT2D eigenvalue weighted by atomic mass is 16.1. The van der Waals surface area contributed by atoms with Crippen molar-refractivity contribution in [3.8, 4) is 0 Å². The van der Waals surface area contributed by atoms with Crippen LogP contribution in [-0.4, -0.2) is 5.78 Å². The average Bonchev–Trinajstić information content (AvgIpc) is 2.80. The number of hydrogen-bond donors (Lipinski definition) is 0. The molecule has 3 aliphatic rings. The number of ketones is 1. The van der Waals surface area contributed by atoms with Gasteiger partial charge in [-0.3, -0.25) is 4.79 Å². The molecule has 1 aromatic carbocycles. The van der Waals surface area contributed by atoms with Gasteiger partial charge in [0.25, 0.3) is 0 Å². The molecule has 1 nitrogen and oxygen atoms in total. The summed E-state index contributed by atoms with van der Waals surface area (Å²) in [5, 5.41) is 0. The summed E-state index contributed by atoms with van der Waals surface area (Å²) in [6.45, 7) is 2.19. The van der Waals surface area contributed by atoms with Gasteiger partial charge in [-0.05, 0) is 67.9 Å². The fourth-order valence-corrected chi connectivity index (χ4v) is 5.13. The van der Waals surface area contributed by atoms with E-state index in [0.29, 0.717) is 17.6 Å². The lowest BCUT2D eigenvalue weighted by Gasteiger charge is -2.43. The number of fused-ring (bicyclic) bond motifs is 5. The Morgan fingerprint density at radius 2 is 1.68 bits per heavy atom. The van der Waals surface area contributed by atoms with E-state index in [0.717, 1.165) is 24.7 Å². The van der Waals surface area contributed by atoms with Gasteiger partial charge in [-0.25, -0.2) is 0 Å². The maximum atomic E-state index is 12.0. The van der Waals surface area contributed by atoms with Crippen LogP contribution in [0.5, 0.6) is 0 Å². The van der Waals surface area contributed by atoms with Gasteiger partial charge in [-0.15, -0.1) is 0 Å². The predicted molar refractivity (Wildman–Crippen MR) is 76.2 cm³/mol. The van der Waals surface area contributed by atoms with E-state index in [2.05, 4.69) is 25.1 Å². The predicted octanol–water partition coefficient (Wildman–Crippen LogP) is 4.03. The Morgan fingerprint density at radius 3 is 2.58 bits per heavy atom. The fourth-order valence-electron chi connectivity index (χ4n) is 5.13. The quantitative estimate of drug-likeness (QED) is 0.683. The second kappa shape index (κ2) is 4.19. The van der Waals surface area contributed by atoms with Crippen molar-refractivity contribution in [2.75, 3.05) is 0 Å². The Bertz CT molecular complexity index is 530. The second-order valence-corrected chi connectivity index (χ2v) is 6.86. The fraction of sp³-hybridized carbons (Fsp3) is 0.611. The van der Waals surface area contributed by atoms with E-state index >= 15 is 0 Å². The maximum absolute atomic E-state index is 12.0. The molecule has 0 bridgehead atoms. The zero-order valence-corrected chi connectivity index (χ0v) is 11.7.